The number of nitriles is 2. The minimum Gasteiger partial charge on any atom is -0.308 e. The maximum Gasteiger partial charge on any atom is 0.0995 e. The van der Waals surface area contributed by atoms with Crippen LogP contribution in [0.5, 0.6) is 0 Å². The largest absolute Gasteiger partial charge is 0.308 e. The fraction of sp³-hybridized carbons (Fsp3) is 0.0571. The third-order valence-electron chi connectivity index (χ3n) is 17.5. The fourth-order valence-corrected chi connectivity index (χ4v) is 15.0. The van der Waals surface area contributed by atoms with Crippen molar-refractivity contribution in [2.75, 3.05) is 0 Å². The fourth-order valence-electron chi connectivity index (χ4n) is 15.0. The molecule has 2 heterocycles. The van der Waals surface area contributed by atoms with Crippen molar-refractivity contribution in [1.82, 2.24) is 4.40 Å². The van der Waals surface area contributed by atoms with Gasteiger partial charge >= 0.3 is 0 Å². The summed E-state index contributed by atoms with van der Waals surface area (Å²) in [4.78, 5) is 0. The van der Waals surface area contributed by atoms with E-state index in [9.17, 15) is 10.5 Å². The summed E-state index contributed by atoms with van der Waals surface area (Å²) in [6, 6.07) is 83.5. The van der Waals surface area contributed by atoms with Crippen molar-refractivity contribution in [3.05, 3.63) is 290 Å². The van der Waals surface area contributed by atoms with Crippen molar-refractivity contribution in [2.24, 2.45) is 0 Å². The third-order valence-corrected chi connectivity index (χ3v) is 17.5. The van der Waals surface area contributed by atoms with E-state index in [-0.39, 0.29) is 23.7 Å². The zero-order chi connectivity index (χ0) is 47.8. The normalized spacial score (nSPS) is 17.3. The van der Waals surface area contributed by atoms with Crippen LogP contribution >= 0.6 is 0 Å². The van der Waals surface area contributed by atoms with Gasteiger partial charge in [-0.25, -0.2) is 0 Å². The van der Waals surface area contributed by atoms with Gasteiger partial charge in [0.2, 0.25) is 0 Å². The number of hydrogen-bond acceptors (Lipinski definition) is 2. The van der Waals surface area contributed by atoms with Crippen LogP contribution in [0.25, 0.3) is 82.2 Å². The number of rotatable bonds is 3. The molecule has 19 rings (SSSR count). The molecule has 0 unspecified atom stereocenters. The highest BCUT2D eigenvalue weighted by Crippen LogP contribution is 2.64. The van der Waals surface area contributed by atoms with E-state index < -0.39 is 0 Å². The molecular weight excluding hydrogens is 883 g/mol. The van der Waals surface area contributed by atoms with E-state index in [1.54, 1.807) is 0 Å². The molecule has 0 radical (unpaired) electrons. The standard InChI is InChI=1S/C70H39N3/c71-36-41-34-55-65(67-58(41)60-45-23-9-13-27-49(45)62(67)50-28-14-10-24-46(50)60)64-53-32-31-40(44-22-8-7-21-43(44)38-17-3-1-4-18-38)33-54(53)57(39-19-5-2-6-20-39)69-66-56(73(55)70(64)69)35-42(37-72)59-61-47-25-11-15-29-51(47)63(68(59)66)52-30-16-12-26-48(52)61/h1-35,60-63H. The second-order valence-electron chi connectivity index (χ2n) is 20.6. The first kappa shape index (κ1) is 39.2. The van der Waals surface area contributed by atoms with Gasteiger partial charge in [-0.05, 0) is 129 Å². The number of hydrogen-bond donors (Lipinski definition) is 0. The molecule has 0 atom stereocenters. The first-order valence-corrected chi connectivity index (χ1v) is 25.4. The number of benzene rings is 11. The van der Waals surface area contributed by atoms with Gasteiger partial charge in [-0.2, -0.15) is 10.5 Å². The molecule has 6 aliphatic rings. The van der Waals surface area contributed by atoms with Crippen molar-refractivity contribution in [3.63, 3.8) is 0 Å². The van der Waals surface area contributed by atoms with Gasteiger partial charge in [0.1, 0.15) is 0 Å². The molecule has 3 nitrogen and oxygen atoms in total. The lowest BCUT2D eigenvalue weighted by atomic mass is 9.59. The molecule has 0 aliphatic heterocycles. The lowest BCUT2D eigenvalue weighted by Crippen LogP contribution is -2.28. The highest BCUT2D eigenvalue weighted by molar-refractivity contribution is 6.38. The van der Waals surface area contributed by atoms with E-state index in [1.807, 2.05) is 0 Å². The van der Waals surface area contributed by atoms with Gasteiger partial charge in [-0.15, -0.1) is 0 Å². The van der Waals surface area contributed by atoms with E-state index in [0.29, 0.717) is 11.1 Å². The van der Waals surface area contributed by atoms with Crippen LogP contribution in [0.2, 0.25) is 0 Å². The Bertz CT molecular complexity index is 4620. The van der Waals surface area contributed by atoms with E-state index in [1.165, 1.54) is 110 Å². The summed E-state index contributed by atoms with van der Waals surface area (Å²) < 4.78 is 2.49. The van der Waals surface area contributed by atoms with E-state index in [0.717, 1.165) is 38.8 Å². The Labute approximate surface area is 421 Å². The summed E-state index contributed by atoms with van der Waals surface area (Å²) >= 11 is 0. The first-order chi connectivity index (χ1) is 36.2. The minimum absolute atomic E-state index is 0.0765. The van der Waals surface area contributed by atoms with Crippen LogP contribution in [0.1, 0.15) is 102 Å². The molecule has 0 saturated carbocycles. The average Bonchev–Trinajstić information content (AvgIpc) is 3.99. The SMILES string of the molecule is N#Cc1cc2c(c3c1C1c4ccccc4C3c3ccccc31)c1c(-c3ccccc3)c3cc(-c4ccccc4-c4ccccc4)ccc3c3c4c5c(c(C#N)cc4n2c13)C1c2ccccc2C5c2ccccc21. The van der Waals surface area contributed by atoms with Crippen LogP contribution in [-0.2, 0) is 0 Å². The maximum atomic E-state index is 11.5. The van der Waals surface area contributed by atoms with Gasteiger partial charge in [0.25, 0.3) is 0 Å². The number of nitrogens with zero attached hydrogens (tertiary/aromatic N) is 3. The summed E-state index contributed by atoms with van der Waals surface area (Å²) in [6.07, 6.45) is 0. The van der Waals surface area contributed by atoms with Crippen LogP contribution in [0.4, 0.5) is 0 Å². The van der Waals surface area contributed by atoms with Gasteiger partial charge in [-0.3, -0.25) is 0 Å². The Morgan fingerprint density at radius 1 is 0.315 bits per heavy atom. The Morgan fingerprint density at radius 2 is 0.699 bits per heavy atom. The second kappa shape index (κ2) is 14.1. The van der Waals surface area contributed by atoms with Crippen molar-refractivity contribution in [3.8, 4) is 45.5 Å². The van der Waals surface area contributed by atoms with Crippen molar-refractivity contribution >= 4 is 48.9 Å². The summed E-state index contributed by atoms with van der Waals surface area (Å²) in [5.41, 5.74) is 26.7. The molecule has 0 fully saturated rings. The predicted molar refractivity (Wildman–Crippen MR) is 294 cm³/mol. The molecule has 3 heteroatoms. The van der Waals surface area contributed by atoms with Crippen LogP contribution < -0.4 is 0 Å². The van der Waals surface area contributed by atoms with E-state index in [2.05, 4.69) is 229 Å². The molecule has 11 aromatic carbocycles. The molecule has 0 saturated heterocycles. The number of aromatic nitrogens is 1. The molecule has 73 heavy (non-hydrogen) atoms. The van der Waals surface area contributed by atoms with Crippen molar-refractivity contribution in [2.45, 2.75) is 23.7 Å². The molecule has 334 valence electrons. The molecular formula is C70H39N3. The Kier molecular flexibility index (Phi) is 7.56. The summed E-state index contributed by atoms with van der Waals surface area (Å²) in [7, 11) is 0. The molecule has 0 amide bonds. The summed E-state index contributed by atoms with van der Waals surface area (Å²) in [5.74, 6) is -0.333. The molecule has 0 N–H and O–H groups in total. The maximum absolute atomic E-state index is 11.5. The zero-order valence-corrected chi connectivity index (χ0v) is 39.4. The lowest BCUT2D eigenvalue weighted by Gasteiger charge is -2.43. The predicted octanol–water partition coefficient (Wildman–Crippen LogP) is 16.7. The van der Waals surface area contributed by atoms with Crippen LogP contribution in [-0.4, -0.2) is 4.40 Å². The second-order valence-corrected chi connectivity index (χ2v) is 20.6. The molecule has 0 spiro atoms. The Hall–Kier alpha value is -9.54. The van der Waals surface area contributed by atoms with Crippen LogP contribution in [0, 0.1) is 22.7 Å². The summed E-state index contributed by atoms with van der Waals surface area (Å²) in [6.45, 7) is 0. The zero-order valence-electron chi connectivity index (χ0n) is 39.4. The molecule has 4 bridgehead atoms. The highest BCUT2D eigenvalue weighted by atomic mass is 14.9. The van der Waals surface area contributed by atoms with Crippen molar-refractivity contribution in [1.29, 1.82) is 10.5 Å². The van der Waals surface area contributed by atoms with Gasteiger partial charge in [-0.1, -0.05) is 194 Å². The first-order valence-electron chi connectivity index (χ1n) is 25.4. The van der Waals surface area contributed by atoms with Crippen LogP contribution in [0.15, 0.2) is 212 Å². The number of fused-ring (bicyclic) bond motifs is 8. The van der Waals surface area contributed by atoms with Crippen LogP contribution in [0.3, 0.4) is 0 Å². The van der Waals surface area contributed by atoms with Gasteiger partial charge in [0.05, 0.1) is 39.8 Å². The van der Waals surface area contributed by atoms with Crippen molar-refractivity contribution < 1.29 is 0 Å². The summed E-state index contributed by atoms with van der Waals surface area (Å²) in [5, 5.41) is 30.2. The topological polar surface area (TPSA) is 52.0 Å². The quantitative estimate of drug-likeness (QED) is 0.177. The molecule has 6 aliphatic carbocycles. The highest BCUT2D eigenvalue weighted by Gasteiger charge is 2.47. The average molecular weight is 922 g/mol. The van der Waals surface area contributed by atoms with Gasteiger partial charge in [0, 0.05) is 45.2 Å². The third kappa shape index (κ3) is 4.78. The smallest absolute Gasteiger partial charge is 0.0995 e. The molecule has 2 aromatic heterocycles. The lowest BCUT2D eigenvalue weighted by molar-refractivity contribution is 0.758. The Balaban J connectivity index is 1.12. The van der Waals surface area contributed by atoms with E-state index in [4.69, 9.17) is 0 Å². The minimum atomic E-state index is -0.0887. The monoisotopic (exact) mass is 921 g/mol. The Morgan fingerprint density at radius 3 is 1.15 bits per heavy atom. The van der Waals surface area contributed by atoms with Gasteiger partial charge in [0.15, 0.2) is 0 Å². The molecule has 13 aromatic rings. The van der Waals surface area contributed by atoms with E-state index >= 15 is 0 Å². The van der Waals surface area contributed by atoms with Gasteiger partial charge < -0.3 is 4.40 Å².